The summed E-state index contributed by atoms with van der Waals surface area (Å²) in [6.07, 6.45) is 9.83. The van der Waals surface area contributed by atoms with Gasteiger partial charge >= 0.3 is 5.97 Å². The lowest BCUT2D eigenvalue weighted by Gasteiger charge is -2.42. The van der Waals surface area contributed by atoms with Crippen molar-refractivity contribution in [2.24, 2.45) is 5.73 Å². The number of hydrogen-bond acceptors (Lipinski definition) is 4. The molecule has 0 aromatic rings. The molecule has 0 aromatic carbocycles. The standard InChI is InChI=1S/C14H22N2O2/c1-2-18-13(17)14(8-6-12(15)7-9-14)16-10-4-3-5-11-16/h6-8H,2-5,9-11,15H2,1H3. The van der Waals surface area contributed by atoms with E-state index in [-0.39, 0.29) is 5.97 Å². The highest BCUT2D eigenvalue weighted by Gasteiger charge is 2.43. The molecule has 2 N–H and O–H groups in total. The van der Waals surface area contributed by atoms with Crippen molar-refractivity contribution in [2.75, 3.05) is 19.7 Å². The molecule has 0 bridgehead atoms. The number of rotatable bonds is 3. The number of nitrogens with zero attached hydrogens (tertiary/aromatic N) is 1. The van der Waals surface area contributed by atoms with E-state index in [2.05, 4.69) is 4.90 Å². The summed E-state index contributed by atoms with van der Waals surface area (Å²) in [5.41, 5.74) is 5.87. The van der Waals surface area contributed by atoms with Crippen LogP contribution >= 0.6 is 0 Å². The summed E-state index contributed by atoms with van der Waals surface area (Å²) in [6, 6.07) is 0. The van der Waals surface area contributed by atoms with Gasteiger partial charge in [-0.1, -0.05) is 18.6 Å². The lowest BCUT2D eigenvalue weighted by molar-refractivity contribution is -0.155. The number of carbonyl (C=O) groups excluding carboxylic acids is 1. The molecule has 2 rings (SSSR count). The molecular weight excluding hydrogens is 228 g/mol. The van der Waals surface area contributed by atoms with Crippen molar-refractivity contribution in [2.45, 2.75) is 38.1 Å². The maximum atomic E-state index is 12.3. The number of likely N-dealkylation sites (tertiary alicyclic amines) is 1. The van der Waals surface area contributed by atoms with E-state index < -0.39 is 5.54 Å². The molecule has 100 valence electrons. The predicted octanol–water partition coefficient (Wildman–Crippen LogP) is 1.58. The molecule has 0 radical (unpaired) electrons. The second-order valence-corrected chi connectivity index (χ2v) is 4.93. The number of piperidine rings is 1. The Morgan fingerprint density at radius 3 is 2.72 bits per heavy atom. The van der Waals surface area contributed by atoms with Gasteiger partial charge in [-0.25, -0.2) is 4.79 Å². The van der Waals surface area contributed by atoms with Crippen molar-refractivity contribution in [3.05, 3.63) is 23.9 Å². The predicted molar refractivity (Wildman–Crippen MR) is 70.8 cm³/mol. The molecule has 1 aliphatic heterocycles. The third-order valence-electron chi connectivity index (χ3n) is 3.75. The normalized spacial score (nSPS) is 28.8. The molecule has 0 spiro atoms. The van der Waals surface area contributed by atoms with Crippen LogP contribution in [0.3, 0.4) is 0 Å². The Balaban J connectivity index is 2.22. The van der Waals surface area contributed by atoms with Crippen LogP contribution in [-0.4, -0.2) is 36.1 Å². The number of nitrogens with two attached hydrogens (primary N) is 1. The molecule has 0 saturated carbocycles. The van der Waals surface area contributed by atoms with Gasteiger partial charge in [0.2, 0.25) is 0 Å². The Morgan fingerprint density at radius 2 is 2.17 bits per heavy atom. The summed E-state index contributed by atoms with van der Waals surface area (Å²) in [6.45, 7) is 4.17. The van der Waals surface area contributed by atoms with E-state index in [4.69, 9.17) is 10.5 Å². The quantitative estimate of drug-likeness (QED) is 0.773. The van der Waals surface area contributed by atoms with Crippen LogP contribution in [0.25, 0.3) is 0 Å². The highest BCUT2D eigenvalue weighted by Crippen LogP contribution is 2.31. The molecule has 1 heterocycles. The minimum Gasteiger partial charge on any atom is -0.464 e. The topological polar surface area (TPSA) is 55.6 Å². The fourth-order valence-electron chi connectivity index (χ4n) is 2.71. The second-order valence-electron chi connectivity index (χ2n) is 4.93. The first kappa shape index (κ1) is 13.1. The Hall–Kier alpha value is -1.29. The monoisotopic (exact) mass is 250 g/mol. The molecule has 1 atom stereocenters. The van der Waals surface area contributed by atoms with Crippen molar-refractivity contribution >= 4 is 5.97 Å². The van der Waals surface area contributed by atoms with E-state index >= 15 is 0 Å². The van der Waals surface area contributed by atoms with Gasteiger partial charge in [-0.05, 0) is 38.9 Å². The van der Waals surface area contributed by atoms with Crippen LogP contribution in [0.4, 0.5) is 0 Å². The van der Waals surface area contributed by atoms with Crippen LogP contribution in [-0.2, 0) is 9.53 Å². The van der Waals surface area contributed by atoms with Crippen LogP contribution in [0, 0.1) is 0 Å². The molecule has 1 saturated heterocycles. The zero-order valence-electron chi connectivity index (χ0n) is 11.0. The molecule has 4 heteroatoms. The van der Waals surface area contributed by atoms with Crippen LogP contribution in [0.15, 0.2) is 23.9 Å². The molecule has 0 aromatic heterocycles. The zero-order chi connectivity index (χ0) is 13.0. The molecule has 4 nitrogen and oxygen atoms in total. The smallest absolute Gasteiger partial charge is 0.330 e. The summed E-state index contributed by atoms with van der Waals surface area (Å²) in [4.78, 5) is 14.6. The summed E-state index contributed by atoms with van der Waals surface area (Å²) < 4.78 is 5.27. The fourth-order valence-corrected chi connectivity index (χ4v) is 2.71. The number of ether oxygens (including phenoxy) is 1. The Morgan fingerprint density at radius 1 is 1.44 bits per heavy atom. The third-order valence-corrected chi connectivity index (χ3v) is 3.75. The first-order valence-corrected chi connectivity index (χ1v) is 6.76. The average Bonchev–Trinajstić information content (AvgIpc) is 2.41. The second kappa shape index (κ2) is 5.57. The van der Waals surface area contributed by atoms with Crippen LogP contribution in [0.2, 0.25) is 0 Å². The molecule has 0 amide bonds. The van der Waals surface area contributed by atoms with E-state index in [0.29, 0.717) is 13.0 Å². The molecular formula is C14H22N2O2. The van der Waals surface area contributed by atoms with Crippen molar-refractivity contribution < 1.29 is 9.53 Å². The van der Waals surface area contributed by atoms with Gasteiger partial charge in [-0.15, -0.1) is 0 Å². The highest BCUT2D eigenvalue weighted by atomic mass is 16.5. The van der Waals surface area contributed by atoms with Crippen LogP contribution < -0.4 is 5.73 Å². The fraction of sp³-hybridized carbons (Fsp3) is 0.643. The van der Waals surface area contributed by atoms with Crippen LogP contribution in [0.5, 0.6) is 0 Å². The van der Waals surface area contributed by atoms with Crippen molar-refractivity contribution in [1.82, 2.24) is 4.90 Å². The number of allylic oxidation sites excluding steroid dienone is 1. The third kappa shape index (κ3) is 2.43. The maximum Gasteiger partial charge on any atom is 0.330 e. The largest absolute Gasteiger partial charge is 0.464 e. The summed E-state index contributed by atoms with van der Waals surface area (Å²) in [5.74, 6) is -0.146. The minimum atomic E-state index is -0.626. The van der Waals surface area contributed by atoms with Crippen molar-refractivity contribution in [3.63, 3.8) is 0 Å². The van der Waals surface area contributed by atoms with Gasteiger partial charge < -0.3 is 10.5 Å². The summed E-state index contributed by atoms with van der Waals surface area (Å²) >= 11 is 0. The Bertz CT molecular complexity index is 370. The molecule has 18 heavy (non-hydrogen) atoms. The molecule has 1 fully saturated rings. The van der Waals surface area contributed by atoms with Gasteiger partial charge in [0.05, 0.1) is 6.61 Å². The van der Waals surface area contributed by atoms with Gasteiger partial charge in [0.1, 0.15) is 5.54 Å². The van der Waals surface area contributed by atoms with Crippen LogP contribution in [0.1, 0.15) is 32.6 Å². The van der Waals surface area contributed by atoms with E-state index in [1.54, 1.807) is 0 Å². The van der Waals surface area contributed by atoms with Gasteiger partial charge in [-0.3, -0.25) is 4.90 Å². The average molecular weight is 250 g/mol. The molecule has 1 aliphatic carbocycles. The van der Waals surface area contributed by atoms with E-state index in [0.717, 1.165) is 31.6 Å². The van der Waals surface area contributed by atoms with Crippen molar-refractivity contribution in [1.29, 1.82) is 0 Å². The van der Waals surface area contributed by atoms with E-state index in [1.807, 2.05) is 25.2 Å². The van der Waals surface area contributed by atoms with Gasteiger partial charge in [-0.2, -0.15) is 0 Å². The molecule has 2 aliphatic rings. The van der Waals surface area contributed by atoms with Gasteiger partial charge in [0.15, 0.2) is 0 Å². The molecule has 1 unspecified atom stereocenters. The number of esters is 1. The Labute approximate surface area is 108 Å². The number of hydrogen-bond donors (Lipinski definition) is 1. The first-order chi connectivity index (χ1) is 8.69. The first-order valence-electron chi connectivity index (χ1n) is 6.76. The highest BCUT2D eigenvalue weighted by molar-refractivity contribution is 5.84. The maximum absolute atomic E-state index is 12.3. The lowest BCUT2D eigenvalue weighted by atomic mass is 9.86. The number of carbonyl (C=O) groups is 1. The summed E-state index contributed by atoms with van der Waals surface area (Å²) in [7, 11) is 0. The Kier molecular flexibility index (Phi) is 4.07. The zero-order valence-corrected chi connectivity index (χ0v) is 11.0. The van der Waals surface area contributed by atoms with Gasteiger partial charge in [0.25, 0.3) is 0 Å². The minimum absolute atomic E-state index is 0.146. The SMILES string of the molecule is CCOC(=O)C1(N2CCCCC2)C=CC(N)=CC1. The summed E-state index contributed by atoms with van der Waals surface area (Å²) in [5, 5.41) is 0. The van der Waals surface area contributed by atoms with E-state index in [9.17, 15) is 4.79 Å². The van der Waals surface area contributed by atoms with E-state index in [1.165, 1.54) is 6.42 Å². The van der Waals surface area contributed by atoms with Gasteiger partial charge in [0, 0.05) is 12.1 Å². The van der Waals surface area contributed by atoms with Crippen molar-refractivity contribution in [3.8, 4) is 0 Å². The lowest BCUT2D eigenvalue weighted by Crippen LogP contribution is -2.56.